The molecule has 2 aromatic carbocycles. The average molecular weight is 341 g/mol. The monoisotopic (exact) mass is 341 g/mol. The van der Waals surface area contributed by atoms with Gasteiger partial charge >= 0.3 is 0 Å². The van der Waals surface area contributed by atoms with E-state index in [1.165, 1.54) is 5.56 Å². The van der Waals surface area contributed by atoms with Crippen molar-refractivity contribution >= 4 is 11.6 Å². The lowest BCUT2D eigenvalue weighted by Gasteiger charge is -2.05. The fraction of sp³-hybridized carbons (Fsp3) is 0.0909. The highest BCUT2D eigenvalue weighted by Gasteiger charge is 2.09. The summed E-state index contributed by atoms with van der Waals surface area (Å²) in [7, 11) is 0. The molecular weight excluding hydrogens is 322 g/mol. The summed E-state index contributed by atoms with van der Waals surface area (Å²) in [5.41, 5.74) is 4.55. The van der Waals surface area contributed by atoms with Gasteiger partial charge in [-0.15, -0.1) is 0 Å². The molecule has 4 heteroatoms. The molecule has 0 aliphatic carbocycles. The molecule has 1 N–H and O–H groups in total. The fourth-order valence-electron chi connectivity index (χ4n) is 2.94. The van der Waals surface area contributed by atoms with E-state index in [0.29, 0.717) is 12.1 Å². The smallest absolute Gasteiger partial charge is 0.251 e. The predicted octanol–water partition coefficient (Wildman–Crippen LogP) is 3.97. The van der Waals surface area contributed by atoms with Crippen LogP contribution in [0.2, 0.25) is 0 Å². The Morgan fingerprint density at radius 1 is 0.962 bits per heavy atom. The number of nitrogens with one attached hydrogen (secondary N) is 1. The van der Waals surface area contributed by atoms with Crippen molar-refractivity contribution in [1.29, 1.82) is 0 Å². The summed E-state index contributed by atoms with van der Waals surface area (Å²) < 4.78 is 1.93. The fourth-order valence-corrected chi connectivity index (χ4v) is 2.94. The Balaban J connectivity index is 1.47. The van der Waals surface area contributed by atoms with E-state index in [1.807, 2.05) is 77.5 Å². The first kappa shape index (κ1) is 16.1. The number of fused-ring (bicyclic) bond motifs is 1. The van der Waals surface area contributed by atoms with Crippen LogP contribution in [0.5, 0.6) is 0 Å². The third-order valence-corrected chi connectivity index (χ3v) is 4.33. The Kier molecular flexibility index (Phi) is 4.48. The maximum absolute atomic E-state index is 12.4. The van der Waals surface area contributed by atoms with Gasteiger partial charge in [0.1, 0.15) is 5.65 Å². The maximum Gasteiger partial charge on any atom is 0.251 e. The minimum Gasteiger partial charge on any atom is -0.352 e. The van der Waals surface area contributed by atoms with Crippen molar-refractivity contribution in [3.05, 3.63) is 96.3 Å². The summed E-state index contributed by atoms with van der Waals surface area (Å²) in [4.78, 5) is 17.0. The number of rotatable bonds is 5. The first-order chi connectivity index (χ1) is 12.8. The lowest BCUT2D eigenvalue weighted by molar-refractivity contribution is 0.0954. The third kappa shape index (κ3) is 3.49. The van der Waals surface area contributed by atoms with E-state index in [4.69, 9.17) is 0 Å². The number of carbonyl (C=O) groups is 1. The largest absolute Gasteiger partial charge is 0.352 e. The number of benzene rings is 2. The molecule has 4 rings (SSSR count). The van der Waals surface area contributed by atoms with Crippen LogP contribution in [0.1, 0.15) is 15.9 Å². The van der Waals surface area contributed by atoms with E-state index < -0.39 is 0 Å². The van der Waals surface area contributed by atoms with Crippen molar-refractivity contribution in [2.24, 2.45) is 0 Å². The van der Waals surface area contributed by atoms with Crippen molar-refractivity contribution < 1.29 is 4.79 Å². The molecule has 0 bridgehead atoms. The van der Waals surface area contributed by atoms with Gasteiger partial charge < -0.3 is 9.72 Å². The summed E-state index contributed by atoms with van der Waals surface area (Å²) in [6, 6.07) is 23.8. The number of aromatic nitrogens is 2. The van der Waals surface area contributed by atoms with Gasteiger partial charge in [0.15, 0.2) is 0 Å². The second-order valence-electron chi connectivity index (χ2n) is 6.16. The molecule has 0 saturated heterocycles. The second kappa shape index (κ2) is 7.23. The number of carbonyl (C=O) groups excluding carboxylic acids is 1. The summed E-state index contributed by atoms with van der Waals surface area (Å²) in [5, 5.41) is 2.97. The average Bonchev–Trinajstić information content (AvgIpc) is 3.13. The van der Waals surface area contributed by atoms with Gasteiger partial charge in [0, 0.05) is 30.1 Å². The zero-order valence-electron chi connectivity index (χ0n) is 14.3. The van der Waals surface area contributed by atoms with Gasteiger partial charge in [0.05, 0.1) is 5.69 Å². The standard InChI is InChI=1S/C22H19N3O/c26-22(23-13-11-17-7-3-1-4-8-17)19-12-14-25-16-20(24-21(25)15-19)18-9-5-2-6-10-18/h1-10,12,14-16H,11,13H2,(H,23,26). The van der Waals surface area contributed by atoms with Gasteiger partial charge in [0.25, 0.3) is 5.91 Å². The van der Waals surface area contributed by atoms with Crippen LogP contribution < -0.4 is 5.32 Å². The second-order valence-corrected chi connectivity index (χ2v) is 6.16. The highest BCUT2D eigenvalue weighted by molar-refractivity contribution is 5.95. The Bertz CT molecular complexity index is 1020. The normalized spacial score (nSPS) is 10.8. The molecular formula is C22H19N3O. The number of amides is 1. The molecule has 0 atom stereocenters. The number of nitrogens with zero attached hydrogens (tertiary/aromatic N) is 2. The Labute approximate surface area is 152 Å². The van der Waals surface area contributed by atoms with Crippen LogP contribution in [0.3, 0.4) is 0 Å². The molecule has 0 radical (unpaired) electrons. The van der Waals surface area contributed by atoms with Crippen LogP contribution in [0.25, 0.3) is 16.9 Å². The molecule has 0 saturated carbocycles. The molecule has 128 valence electrons. The van der Waals surface area contributed by atoms with Crippen molar-refractivity contribution in [2.75, 3.05) is 6.54 Å². The maximum atomic E-state index is 12.4. The Morgan fingerprint density at radius 3 is 2.46 bits per heavy atom. The van der Waals surface area contributed by atoms with Gasteiger partial charge in [-0.2, -0.15) is 0 Å². The molecule has 2 aromatic heterocycles. The molecule has 0 spiro atoms. The van der Waals surface area contributed by atoms with Gasteiger partial charge in [-0.05, 0) is 24.1 Å². The topological polar surface area (TPSA) is 46.4 Å². The number of hydrogen-bond donors (Lipinski definition) is 1. The summed E-state index contributed by atoms with van der Waals surface area (Å²) in [6.07, 6.45) is 4.67. The van der Waals surface area contributed by atoms with E-state index in [9.17, 15) is 4.79 Å². The van der Waals surface area contributed by atoms with E-state index in [2.05, 4.69) is 22.4 Å². The van der Waals surface area contributed by atoms with Gasteiger partial charge in [-0.3, -0.25) is 4.79 Å². The lowest BCUT2D eigenvalue weighted by Crippen LogP contribution is -2.25. The van der Waals surface area contributed by atoms with Crippen LogP contribution in [0.4, 0.5) is 0 Å². The zero-order chi connectivity index (χ0) is 17.8. The van der Waals surface area contributed by atoms with Crippen LogP contribution in [0.15, 0.2) is 85.2 Å². The molecule has 0 aliphatic heterocycles. The first-order valence-corrected chi connectivity index (χ1v) is 8.66. The molecule has 0 fully saturated rings. The molecule has 0 aliphatic rings. The van der Waals surface area contributed by atoms with Crippen LogP contribution in [0, 0.1) is 0 Å². The summed E-state index contributed by atoms with van der Waals surface area (Å²) >= 11 is 0. The number of hydrogen-bond acceptors (Lipinski definition) is 2. The zero-order valence-corrected chi connectivity index (χ0v) is 14.3. The van der Waals surface area contributed by atoms with Crippen molar-refractivity contribution in [2.45, 2.75) is 6.42 Å². The van der Waals surface area contributed by atoms with Crippen molar-refractivity contribution in [3.8, 4) is 11.3 Å². The molecule has 26 heavy (non-hydrogen) atoms. The van der Waals surface area contributed by atoms with Crippen molar-refractivity contribution in [1.82, 2.24) is 14.7 Å². The number of imidazole rings is 1. The van der Waals surface area contributed by atoms with E-state index in [0.717, 1.165) is 23.3 Å². The lowest BCUT2D eigenvalue weighted by atomic mass is 10.1. The minimum absolute atomic E-state index is 0.0762. The van der Waals surface area contributed by atoms with Gasteiger partial charge in [0.2, 0.25) is 0 Å². The highest BCUT2D eigenvalue weighted by Crippen LogP contribution is 2.19. The predicted molar refractivity (Wildman–Crippen MR) is 103 cm³/mol. The van der Waals surface area contributed by atoms with Crippen LogP contribution >= 0.6 is 0 Å². The van der Waals surface area contributed by atoms with Crippen molar-refractivity contribution in [3.63, 3.8) is 0 Å². The molecule has 0 unspecified atom stereocenters. The van der Waals surface area contributed by atoms with Gasteiger partial charge in [-0.1, -0.05) is 60.7 Å². The quantitative estimate of drug-likeness (QED) is 0.597. The van der Waals surface area contributed by atoms with Crippen LogP contribution in [-0.4, -0.2) is 21.8 Å². The van der Waals surface area contributed by atoms with E-state index in [-0.39, 0.29) is 5.91 Å². The Hall–Kier alpha value is -3.40. The number of pyridine rings is 1. The molecule has 4 nitrogen and oxygen atoms in total. The highest BCUT2D eigenvalue weighted by atomic mass is 16.1. The van der Waals surface area contributed by atoms with E-state index in [1.54, 1.807) is 0 Å². The SMILES string of the molecule is O=C(NCCc1ccccc1)c1ccn2cc(-c3ccccc3)nc2c1. The minimum atomic E-state index is -0.0762. The van der Waals surface area contributed by atoms with Gasteiger partial charge in [-0.25, -0.2) is 4.98 Å². The summed E-state index contributed by atoms with van der Waals surface area (Å²) in [5.74, 6) is -0.0762. The summed E-state index contributed by atoms with van der Waals surface area (Å²) in [6.45, 7) is 0.609. The van der Waals surface area contributed by atoms with E-state index >= 15 is 0 Å². The molecule has 2 heterocycles. The third-order valence-electron chi connectivity index (χ3n) is 4.33. The Morgan fingerprint density at radius 2 is 1.69 bits per heavy atom. The molecule has 4 aromatic rings. The first-order valence-electron chi connectivity index (χ1n) is 8.66. The molecule has 1 amide bonds. The van der Waals surface area contributed by atoms with Crippen LogP contribution in [-0.2, 0) is 6.42 Å².